The number of fused-ring (bicyclic) bond motifs is 1. The van der Waals surface area contributed by atoms with Gasteiger partial charge in [-0.25, -0.2) is 4.98 Å². The molecule has 0 bridgehead atoms. The second kappa shape index (κ2) is 7.83. The van der Waals surface area contributed by atoms with Crippen LogP contribution in [0.4, 0.5) is 5.82 Å². The Bertz CT molecular complexity index is 1070. The number of thiophene rings is 1. The van der Waals surface area contributed by atoms with Gasteiger partial charge in [-0.15, -0.1) is 11.3 Å². The number of nitriles is 1. The number of aryl methyl sites for hydroxylation is 2. The lowest BCUT2D eigenvalue weighted by molar-refractivity contribution is -0.374. The highest BCUT2D eigenvalue weighted by Gasteiger charge is 2.26. The lowest BCUT2D eigenvalue weighted by Gasteiger charge is -2.17. The van der Waals surface area contributed by atoms with Crippen LogP contribution in [0.2, 0.25) is 5.02 Å². The Morgan fingerprint density at radius 1 is 1.25 bits per heavy atom. The van der Waals surface area contributed by atoms with E-state index in [2.05, 4.69) is 24.0 Å². The van der Waals surface area contributed by atoms with Gasteiger partial charge in [-0.05, 0) is 56.5 Å². The number of hydrogen-bond donors (Lipinski definition) is 1. The number of pyridine rings is 1. The van der Waals surface area contributed by atoms with Crippen LogP contribution < -0.4 is 15.5 Å². The van der Waals surface area contributed by atoms with Crippen molar-refractivity contribution in [3.63, 3.8) is 0 Å². The first-order valence-corrected chi connectivity index (χ1v) is 10.5. The van der Waals surface area contributed by atoms with Gasteiger partial charge >= 0.3 is 0 Å². The van der Waals surface area contributed by atoms with E-state index in [0.29, 0.717) is 23.0 Å². The minimum Gasteiger partial charge on any atom is -0.489 e. The zero-order valence-corrected chi connectivity index (χ0v) is 17.2. The Kier molecular flexibility index (Phi) is 5.25. The molecule has 4 rings (SSSR count). The Labute approximate surface area is 173 Å². The van der Waals surface area contributed by atoms with Gasteiger partial charge in [0.1, 0.15) is 29.7 Å². The molecular formula is C22H21ClN3OS+. The summed E-state index contributed by atoms with van der Waals surface area (Å²) in [5, 5.41) is 10.4. The molecule has 4 nitrogen and oxygen atoms in total. The highest BCUT2D eigenvalue weighted by atomic mass is 35.5. The molecule has 0 radical (unpaired) electrons. The van der Waals surface area contributed by atoms with Crippen LogP contribution in [0, 0.1) is 18.3 Å². The Morgan fingerprint density at radius 2 is 2.00 bits per heavy atom. The van der Waals surface area contributed by atoms with Gasteiger partial charge in [0.2, 0.25) is 0 Å². The summed E-state index contributed by atoms with van der Waals surface area (Å²) in [6.45, 7) is 2.56. The predicted octanol–water partition coefficient (Wildman–Crippen LogP) is 5.10. The molecule has 0 aliphatic heterocycles. The summed E-state index contributed by atoms with van der Waals surface area (Å²) in [6, 6.07) is 11.8. The molecule has 0 saturated carbocycles. The fourth-order valence-electron chi connectivity index (χ4n) is 3.70. The maximum Gasteiger partial charge on any atom is 0.289 e. The largest absolute Gasteiger partial charge is 0.489 e. The lowest BCUT2D eigenvalue weighted by Crippen LogP contribution is -2.24. The standard InChI is InChI=1S/C22H20ClN3OS/c1-13-14(12-27-16-8-6-15(23)7-9-16)10-20(28-13)21-17-4-2-3-5-19(17)26-22(25)18(21)11-24/h6-10H,2-5,12H2,1H3,(H2,25,26)/p+1. The molecular weight excluding hydrogens is 390 g/mol. The van der Waals surface area contributed by atoms with Gasteiger partial charge in [-0.1, -0.05) is 11.6 Å². The molecule has 0 fully saturated rings. The summed E-state index contributed by atoms with van der Waals surface area (Å²) in [6.07, 6.45) is 4.25. The summed E-state index contributed by atoms with van der Waals surface area (Å²) >= 11 is 7.63. The number of hydrogen-bond acceptors (Lipinski definition) is 4. The highest BCUT2D eigenvalue weighted by Crippen LogP contribution is 2.39. The average Bonchev–Trinajstić information content (AvgIpc) is 3.06. The molecule has 6 heteroatoms. The molecule has 142 valence electrons. The van der Waals surface area contributed by atoms with E-state index < -0.39 is 0 Å². The number of benzene rings is 1. The molecule has 2 heterocycles. The van der Waals surface area contributed by atoms with Gasteiger partial charge in [0.25, 0.3) is 5.82 Å². The van der Waals surface area contributed by atoms with Crippen LogP contribution in [-0.2, 0) is 19.4 Å². The van der Waals surface area contributed by atoms with Crippen molar-refractivity contribution >= 4 is 28.8 Å². The Balaban J connectivity index is 1.69. The first-order valence-electron chi connectivity index (χ1n) is 9.31. The maximum atomic E-state index is 9.73. The average molecular weight is 411 g/mol. The number of nitrogen functional groups attached to an aromatic ring is 1. The van der Waals surface area contributed by atoms with Crippen molar-refractivity contribution in [1.29, 1.82) is 5.26 Å². The van der Waals surface area contributed by atoms with Gasteiger partial charge in [-0.3, -0.25) is 5.73 Å². The van der Waals surface area contributed by atoms with Crippen LogP contribution in [0.3, 0.4) is 0 Å². The summed E-state index contributed by atoms with van der Waals surface area (Å²) in [7, 11) is 0. The van der Waals surface area contributed by atoms with Crippen molar-refractivity contribution in [3.8, 4) is 22.3 Å². The fraction of sp³-hybridized carbons (Fsp3) is 0.273. The molecule has 3 N–H and O–H groups in total. The second-order valence-electron chi connectivity index (χ2n) is 7.00. The normalized spacial score (nSPS) is 13.0. The molecule has 0 spiro atoms. The number of aromatic nitrogens is 1. The summed E-state index contributed by atoms with van der Waals surface area (Å²) < 4.78 is 5.92. The number of nitrogens with zero attached hydrogens (tertiary/aromatic N) is 1. The number of nitrogens with one attached hydrogen (secondary N) is 1. The second-order valence-corrected chi connectivity index (χ2v) is 8.69. The third-order valence-electron chi connectivity index (χ3n) is 5.16. The molecule has 1 aliphatic carbocycles. The summed E-state index contributed by atoms with van der Waals surface area (Å²) in [5.74, 6) is 1.24. The van der Waals surface area contributed by atoms with Crippen molar-refractivity contribution in [2.24, 2.45) is 0 Å². The molecule has 1 aliphatic rings. The third kappa shape index (κ3) is 3.58. The first-order chi connectivity index (χ1) is 13.6. The van der Waals surface area contributed by atoms with Gasteiger partial charge < -0.3 is 4.74 Å². The number of aromatic amines is 1. The minimum absolute atomic E-state index is 0.461. The van der Waals surface area contributed by atoms with E-state index in [1.54, 1.807) is 11.3 Å². The van der Waals surface area contributed by atoms with Crippen LogP contribution in [0.1, 0.15) is 40.1 Å². The van der Waals surface area contributed by atoms with Crippen LogP contribution in [0.15, 0.2) is 30.3 Å². The molecule has 1 aromatic carbocycles. The number of ether oxygens (including phenoxy) is 1. The zero-order valence-electron chi connectivity index (χ0n) is 15.6. The van der Waals surface area contributed by atoms with Gasteiger partial charge in [0.15, 0.2) is 0 Å². The Morgan fingerprint density at radius 3 is 2.75 bits per heavy atom. The minimum atomic E-state index is 0.461. The topological polar surface area (TPSA) is 73.2 Å². The SMILES string of the molecule is Cc1sc(-c2c(C#N)c(N)[nH+]c3c2CCCC3)cc1COc1ccc(Cl)cc1. The molecule has 0 unspecified atom stereocenters. The van der Waals surface area contributed by atoms with E-state index in [1.165, 1.54) is 16.1 Å². The molecule has 0 saturated heterocycles. The number of H-pyrrole nitrogens is 1. The van der Waals surface area contributed by atoms with Crippen molar-refractivity contribution < 1.29 is 9.72 Å². The van der Waals surface area contributed by atoms with Crippen molar-refractivity contribution in [3.05, 3.63) is 62.6 Å². The number of nitrogens with two attached hydrogens (primary N) is 1. The van der Waals surface area contributed by atoms with E-state index in [9.17, 15) is 5.26 Å². The number of rotatable bonds is 4. The number of halogens is 1. The van der Waals surface area contributed by atoms with E-state index >= 15 is 0 Å². The molecule has 3 aromatic rings. The van der Waals surface area contributed by atoms with Crippen LogP contribution in [-0.4, -0.2) is 0 Å². The molecule has 0 atom stereocenters. The smallest absolute Gasteiger partial charge is 0.289 e. The molecule has 2 aromatic heterocycles. The first kappa shape index (κ1) is 18.8. The zero-order chi connectivity index (χ0) is 19.7. The van der Waals surface area contributed by atoms with E-state index in [0.717, 1.165) is 47.4 Å². The van der Waals surface area contributed by atoms with Crippen molar-refractivity contribution in [2.45, 2.75) is 39.2 Å². The number of anilines is 1. The van der Waals surface area contributed by atoms with E-state index in [1.807, 2.05) is 24.3 Å². The van der Waals surface area contributed by atoms with E-state index in [-0.39, 0.29) is 0 Å². The molecule has 28 heavy (non-hydrogen) atoms. The van der Waals surface area contributed by atoms with Crippen LogP contribution in [0.5, 0.6) is 5.75 Å². The lowest BCUT2D eigenvalue weighted by atomic mass is 9.89. The summed E-state index contributed by atoms with van der Waals surface area (Å²) in [5.41, 5.74) is 11.3. The predicted molar refractivity (Wildman–Crippen MR) is 113 cm³/mol. The van der Waals surface area contributed by atoms with Gasteiger partial charge in [0.05, 0.1) is 0 Å². The van der Waals surface area contributed by atoms with Gasteiger partial charge in [-0.2, -0.15) is 5.26 Å². The maximum absolute atomic E-state index is 9.73. The monoisotopic (exact) mass is 410 g/mol. The van der Waals surface area contributed by atoms with Crippen LogP contribution >= 0.6 is 22.9 Å². The Hall–Kier alpha value is -2.55. The van der Waals surface area contributed by atoms with Crippen molar-refractivity contribution in [2.75, 3.05) is 5.73 Å². The fourth-order valence-corrected chi connectivity index (χ4v) is 4.93. The van der Waals surface area contributed by atoms with Crippen LogP contribution in [0.25, 0.3) is 10.4 Å². The van der Waals surface area contributed by atoms with Crippen molar-refractivity contribution in [1.82, 2.24) is 0 Å². The van der Waals surface area contributed by atoms with E-state index in [4.69, 9.17) is 22.1 Å². The molecule has 0 amide bonds. The quantitative estimate of drug-likeness (QED) is 0.650. The van der Waals surface area contributed by atoms with Gasteiger partial charge in [0, 0.05) is 37.9 Å². The summed E-state index contributed by atoms with van der Waals surface area (Å²) in [4.78, 5) is 5.52. The third-order valence-corrected chi connectivity index (χ3v) is 6.52. The highest BCUT2D eigenvalue weighted by molar-refractivity contribution is 7.15.